The number of carbonyl (C=O) groups excluding carboxylic acids is 1. The average molecular weight is 205 g/mol. The van der Waals surface area contributed by atoms with Crippen LogP contribution in [0.15, 0.2) is 30.3 Å². The van der Waals surface area contributed by atoms with Crippen molar-refractivity contribution in [3.63, 3.8) is 0 Å². The first-order chi connectivity index (χ1) is 7.38. The molecule has 1 aromatic rings. The number of carbonyl (C=O) groups is 1. The highest BCUT2D eigenvalue weighted by atomic mass is 16.2. The molecule has 15 heavy (non-hydrogen) atoms. The zero-order valence-electron chi connectivity index (χ0n) is 9.57. The lowest BCUT2D eigenvalue weighted by Crippen LogP contribution is -2.27. The van der Waals surface area contributed by atoms with Crippen molar-refractivity contribution in [1.29, 1.82) is 0 Å². The number of rotatable bonds is 1. The van der Waals surface area contributed by atoms with Crippen molar-refractivity contribution in [3.8, 4) is 0 Å². The van der Waals surface area contributed by atoms with Crippen molar-refractivity contribution in [2.24, 2.45) is 0 Å². The number of hydrogen-bond donors (Lipinski definition) is 0. The third-order valence-electron chi connectivity index (χ3n) is 2.41. The minimum atomic E-state index is 0.179. The Morgan fingerprint density at radius 1 is 1.07 bits per heavy atom. The summed E-state index contributed by atoms with van der Waals surface area (Å²) >= 11 is 0. The number of hydrogen-bond acceptors (Lipinski definition) is 1. The Morgan fingerprint density at radius 2 is 1.60 bits per heavy atom. The highest BCUT2D eigenvalue weighted by Crippen LogP contribution is 2.12. The van der Waals surface area contributed by atoms with Gasteiger partial charge in [-0.05, 0) is 25.0 Å². The molecule has 82 valence electrons. The summed E-state index contributed by atoms with van der Waals surface area (Å²) in [5, 5.41) is 0. The van der Waals surface area contributed by atoms with Crippen molar-refractivity contribution in [3.05, 3.63) is 35.9 Å². The minimum Gasteiger partial charge on any atom is -0.339 e. The van der Waals surface area contributed by atoms with Crippen LogP contribution in [0.1, 0.15) is 37.0 Å². The summed E-state index contributed by atoms with van der Waals surface area (Å²) in [6.45, 7) is 5.85. The van der Waals surface area contributed by atoms with E-state index in [1.165, 1.54) is 0 Å². The van der Waals surface area contributed by atoms with Crippen molar-refractivity contribution in [2.45, 2.75) is 26.7 Å². The van der Waals surface area contributed by atoms with E-state index in [0.29, 0.717) is 0 Å². The molecule has 1 amide bonds. The van der Waals surface area contributed by atoms with Crippen LogP contribution in [0.5, 0.6) is 0 Å². The lowest BCUT2D eigenvalue weighted by atomic mass is 10.2. The van der Waals surface area contributed by atoms with E-state index < -0.39 is 0 Å². The zero-order valence-corrected chi connectivity index (χ0v) is 9.57. The van der Waals surface area contributed by atoms with Gasteiger partial charge in [0, 0.05) is 18.7 Å². The van der Waals surface area contributed by atoms with Crippen molar-refractivity contribution >= 4 is 5.91 Å². The van der Waals surface area contributed by atoms with Crippen LogP contribution < -0.4 is 0 Å². The van der Waals surface area contributed by atoms with E-state index in [4.69, 9.17) is 0 Å². The molecule has 2 rings (SSSR count). The molecule has 2 heteroatoms. The largest absolute Gasteiger partial charge is 0.339 e. The molecule has 1 heterocycles. The number of likely N-dealkylation sites (tertiary alicyclic amines) is 1. The predicted molar refractivity (Wildman–Crippen MR) is 62.9 cm³/mol. The lowest BCUT2D eigenvalue weighted by molar-refractivity contribution is 0.0793. The third-order valence-corrected chi connectivity index (χ3v) is 2.41. The van der Waals surface area contributed by atoms with Crippen LogP contribution in [0.25, 0.3) is 0 Å². The average Bonchev–Trinajstić information content (AvgIpc) is 2.85. The fraction of sp³-hybridized carbons (Fsp3) is 0.462. The van der Waals surface area contributed by atoms with Gasteiger partial charge in [-0.15, -0.1) is 0 Å². The van der Waals surface area contributed by atoms with Crippen molar-refractivity contribution < 1.29 is 4.79 Å². The van der Waals surface area contributed by atoms with Crippen molar-refractivity contribution in [1.82, 2.24) is 4.90 Å². The van der Waals surface area contributed by atoms with Gasteiger partial charge >= 0.3 is 0 Å². The summed E-state index contributed by atoms with van der Waals surface area (Å²) in [5.41, 5.74) is 0.810. The van der Waals surface area contributed by atoms with E-state index >= 15 is 0 Å². The molecule has 0 N–H and O–H groups in total. The van der Waals surface area contributed by atoms with Gasteiger partial charge in [-0.1, -0.05) is 32.0 Å². The normalized spacial score (nSPS) is 14.4. The third kappa shape index (κ3) is 3.08. The molecule has 0 atom stereocenters. The smallest absolute Gasteiger partial charge is 0.253 e. The summed E-state index contributed by atoms with van der Waals surface area (Å²) in [5.74, 6) is 0.179. The summed E-state index contributed by atoms with van der Waals surface area (Å²) < 4.78 is 0. The Kier molecular flexibility index (Phi) is 4.88. The van der Waals surface area contributed by atoms with Gasteiger partial charge in [0.2, 0.25) is 0 Å². The first kappa shape index (κ1) is 11.8. The first-order valence-electron chi connectivity index (χ1n) is 5.72. The quantitative estimate of drug-likeness (QED) is 0.690. The van der Waals surface area contributed by atoms with Crippen LogP contribution >= 0.6 is 0 Å². The summed E-state index contributed by atoms with van der Waals surface area (Å²) in [6, 6.07) is 9.49. The molecule has 0 unspecified atom stereocenters. The number of nitrogens with zero attached hydrogens (tertiary/aromatic N) is 1. The molecule has 2 nitrogen and oxygen atoms in total. The highest BCUT2D eigenvalue weighted by Gasteiger charge is 2.18. The molecule has 1 aliphatic heterocycles. The Hall–Kier alpha value is -1.31. The molecule has 0 saturated carbocycles. The molecule has 1 saturated heterocycles. The zero-order chi connectivity index (χ0) is 11.1. The Morgan fingerprint density at radius 3 is 2.13 bits per heavy atom. The predicted octanol–water partition coefficient (Wildman–Crippen LogP) is 2.95. The van der Waals surface area contributed by atoms with E-state index in [0.717, 1.165) is 31.5 Å². The second-order valence-electron chi connectivity index (χ2n) is 3.37. The molecule has 0 bridgehead atoms. The van der Waals surface area contributed by atoms with E-state index in [2.05, 4.69) is 0 Å². The number of benzene rings is 1. The molecule has 1 aliphatic rings. The van der Waals surface area contributed by atoms with Gasteiger partial charge < -0.3 is 4.90 Å². The molecule has 1 fully saturated rings. The first-order valence-corrected chi connectivity index (χ1v) is 5.72. The minimum absolute atomic E-state index is 0.179. The van der Waals surface area contributed by atoms with E-state index in [9.17, 15) is 4.79 Å². The molecule has 0 spiro atoms. The SMILES string of the molecule is CC.O=C(c1ccccc1)N1CCCC1. The molecule has 0 radical (unpaired) electrons. The van der Waals surface area contributed by atoms with Gasteiger partial charge in [-0.2, -0.15) is 0 Å². The molecular weight excluding hydrogens is 186 g/mol. The van der Waals surface area contributed by atoms with Crippen LogP contribution in [0.4, 0.5) is 0 Å². The second-order valence-corrected chi connectivity index (χ2v) is 3.37. The van der Waals surface area contributed by atoms with Crippen LogP contribution in [0.3, 0.4) is 0 Å². The maximum atomic E-state index is 11.8. The van der Waals surface area contributed by atoms with E-state index in [-0.39, 0.29) is 5.91 Å². The topological polar surface area (TPSA) is 20.3 Å². The van der Waals surface area contributed by atoms with Gasteiger partial charge in [0.1, 0.15) is 0 Å². The Bertz CT molecular complexity index is 289. The number of amides is 1. The van der Waals surface area contributed by atoms with Gasteiger partial charge in [0.25, 0.3) is 5.91 Å². The maximum Gasteiger partial charge on any atom is 0.253 e. The summed E-state index contributed by atoms with van der Waals surface area (Å²) in [6.07, 6.45) is 2.30. The fourth-order valence-electron chi connectivity index (χ4n) is 1.68. The lowest BCUT2D eigenvalue weighted by Gasteiger charge is -2.14. The summed E-state index contributed by atoms with van der Waals surface area (Å²) in [7, 11) is 0. The highest BCUT2D eigenvalue weighted by molar-refractivity contribution is 5.94. The van der Waals surface area contributed by atoms with Crippen LogP contribution in [-0.4, -0.2) is 23.9 Å². The second kappa shape index (κ2) is 6.23. The summed E-state index contributed by atoms with van der Waals surface area (Å²) in [4.78, 5) is 13.7. The Balaban J connectivity index is 0.000000531. The standard InChI is InChI=1S/C11H13NO.C2H6/c13-11(12-8-4-5-9-12)10-6-2-1-3-7-10;1-2/h1-3,6-7H,4-5,8-9H2;1-2H3. The van der Waals surface area contributed by atoms with Crippen molar-refractivity contribution in [2.75, 3.05) is 13.1 Å². The van der Waals surface area contributed by atoms with Gasteiger partial charge in [-0.25, -0.2) is 0 Å². The maximum absolute atomic E-state index is 11.8. The Labute approximate surface area is 91.9 Å². The van der Waals surface area contributed by atoms with Crippen LogP contribution in [0, 0.1) is 0 Å². The van der Waals surface area contributed by atoms with Gasteiger partial charge in [-0.3, -0.25) is 4.79 Å². The molecular formula is C13H19NO. The monoisotopic (exact) mass is 205 g/mol. The van der Waals surface area contributed by atoms with Crippen LogP contribution in [0.2, 0.25) is 0 Å². The molecule has 0 aliphatic carbocycles. The fourth-order valence-corrected chi connectivity index (χ4v) is 1.68. The molecule has 1 aromatic carbocycles. The van der Waals surface area contributed by atoms with E-state index in [1.54, 1.807) is 0 Å². The van der Waals surface area contributed by atoms with Gasteiger partial charge in [0.05, 0.1) is 0 Å². The molecule has 0 aromatic heterocycles. The van der Waals surface area contributed by atoms with E-state index in [1.807, 2.05) is 49.1 Å². The van der Waals surface area contributed by atoms with Gasteiger partial charge in [0.15, 0.2) is 0 Å². The van der Waals surface area contributed by atoms with Crippen LogP contribution in [-0.2, 0) is 0 Å².